The number of rotatable bonds is 3. The Balaban J connectivity index is 1.75. The molecule has 1 aliphatic rings. The number of nitrogens with zero attached hydrogens (tertiary/aromatic N) is 1. The molecule has 4 aromatic rings. The molecule has 31 heavy (non-hydrogen) atoms. The highest BCUT2D eigenvalue weighted by molar-refractivity contribution is 5.99. The van der Waals surface area contributed by atoms with Crippen LogP contribution >= 0.6 is 0 Å². The van der Waals surface area contributed by atoms with Crippen molar-refractivity contribution >= 4 is 16.9 Å². The van der Waals surface area contributed by atoms with E-state index >= 15 is 0 Å². The van der Waals surface area contributed by atoms with Crippen molar-refractivity contribution in [3.63, 3.8) is 0 Å². The Hall–Kier alpha value is -3.93. The molecule has 1 aliphatic heterocycles. The highest BCUT2D eigenvalue weighted by Gasteiger charge is 2.43. The summed E-state index contributed by atoms with van der Waals surface area (Å²) in [4.78, 5) is 28.3. The number of carbonyl (C=O) groups excluding carboxylic acids is 1. The van der Waals surface area contributed by atoms with Crippen LogP contribution in [0.4, 0.5) is 4.39 Å². The van der Waals surface area contributed by atoms with Gasteiger partial charge in [0.2, 0.25) is 5.76 Å². The summed E-state index contributed by atoms with van der Waals surface area (Å²) in [6.07, 6.45) is 0. The summed E-state index contributed by atoms with van der Waals surface area (Å²) >= 11 is 0. The summed E-state index contributed by atoms with van der Waals surface area (Å²) in [5.41, 5.74) is 2.37. The average Bonchev–Trinajstić information content (AvgIpc) is 3.02. The number of amides is 1. The molecule has 6 heteroatoms. The first-order valence-electron chi connectivity index (χ1n) is 9.84. The van der Waals surface area contributed by atoms with E-state index in [1.54, 1.807) is 17.0 Å². The van der Waals surface area contributed by atoms with Gasteiger partial charge in [-0.3, -0.25) is 9.59 Å². The van der Waals surface area contributed by atoms with Crippen LogP contribution in [0.1, 0.15) is 38.9 Å². The maximum atomic E-state index is 13.8. The van der Waals surface area contributed by atoms with Crippen LogP contribution in [0.3, 0.4) is 0 Å². The van der Waals surface area contributed by atoms with E-state index in [1.165, 1.54) is 24.3 Å². The Kier molecular flexibility index (Phi) is 4.36. The highest BCUT2D eigenvalue weighted by atomic mass is 19.1. The van der Waals surface area contributed by atoms with Crippen LogP contribution < -0.4 is 5.43 Å². The molecule has 0 bridgehead atoms. The van der Waals surface area contributed by atoms with Crippen molar-refractivity contribution in [2.45, 2.75) is 19.5 Å². The molecular formula is C25H18FNO4. The van der Waals surface area contributed by atoms with E-state index in [0.29, 0.717) is 5.56 Å². The van der Waals surface area contributed by atoms with Crippen LogP contribution in [0.25, 0.3) is 11.0 Å². The van der Waals surface area contributed by atoms with Gasteiger partial charge in [-0.05, 0) is 53.9 Å². The Morgan fingerprint density at radius 2 is 1.84 bits per heavy atom. The normalized spacial score (nSPS) is 15.5. The molecule has 5 nitrogen and oxygen atoms in total. The van der Waals surface area contributed by atoms with E-state index in [4.69, 9.17) is 4.42 Å². The Bertz CT molecular complexity index is 1410. The zero-order valence-electron chi connectivity index (χ0n) is 16.6. The van der Waals surface area contributed by atoms with Crippen molar-refractivity contribution < 1.29 is 18.7 Å². The SMILES string of the molecule is Cc1ccccc1CN1C(=O)c2oc3ccc(F)cc3c(=O)c2[C@@H]1c1cccc(O)c1. The summed E-state index contributed by atoms with van der Waals surface area (Å²) in [5, 5.41) is 10.1. The third-order valence-corrected chi connectivity index (χ3v) is 5.72. The highest BCUT2D eigenvalue weighted by Crippen LogP contribution is 2.40. The van der Waals surface area contributed by atoms with Crippen LogP contribution in [0.5, 0.6) is 5.75 Å². The van der Waals surface area contributed by atoms with Gasteiger partial charge >= 0.3 is 0 Å². The monoisotopic (exact) mass is 415 g/mol. The summed E-state index contributed by atoms with van der Waals surface area (Å²) in [6.45, 7) is 2.20. The summed E-state index contributed by atoms with van der Waals surface area (Å²) in [7, 11) is 0. The van der Waals surface area contributed by atoms with Gasteiger partial charge in [0.15, 0.2) is 5.43 Å². The molecule has 1 N–H and O–H groups in total. The lowest BCUT2D eigenvalue weighted by Crippen LogP contribution is -2.29. The predicted molar refractivity (Wildman–Crippen MR) is 113 cm³/mol. The minimum Gasteiger partial charge on any atom is -0.508 e. The molecule has 0 saturated carbocycles. The minimum atomic E-state index is -0.766. The van der Waals surface area contributed by atoms with Gasteiger partial charge in [0.25, 0.3) is 5.91 Å². The first kappa shape index (κ1) is 19.1. The van der Waals surface area contributed by atoms with Crippen LogP contribution in [-0.4, -0.2) is 15.9 Å². The lowest BCUT2D eigenvalue weighted by atomic mass is 9.97. The smallest absolute Gasteiger partial charge is 0.291 e. The van der Waals surface area contributed by atoms with E-state index in [0.717, 1.165) is 17.2 Å². The largest absolute Gasteiger partial charge is 0.508 e. The standard InChI is InChI=1S/C25H18FNO4/c1-14-5-2-3-6-16(14)13-27-22(15-7-4-8-18(28)11-15)21-23(29)19-12-17(26)9-10-20(19)31-24(21)25(27)30/h2-12,22,28H,13H2,1H3/t22-/m0/s1. The quantitative estimate of drug-likeness (QED) is 0.527. The van der Waals surface area contributed by atoms with E-state index in [9.17, 15) is 19.1 Å². The molecule has 0 fully saturated rings. The van der Waals surface area contributed by atoms with Crippen molar-refractivity contribution in [3.8, 4) is 5.75 Å². The number of hydrogen-bond acceptors (Lipinski definition) is 4. The molecule has 0 saturated heterocycles. The zero-order chi connectivity index (χ0) is 21.7. The van der Waals surface area contributed by atoms with E-state index in [-0.39, 0.29) is 34.6 Å². The molecular weight excluding hydrogens is 397 g/mol. The summed E-state index contributed by atoms with van der Waals surface area (Å²) in [5.74, 6) is -1.01. The molecule has 1 atom stereocenters. The van der Waals surface area contributed by atoms with Gasteiger partial charge in [-0.2, -0.15) is 0 Å². The molecule has 1 amide bonds. The summed E-state index contributed by atoms with van der Waals surface area (Å²) in [6, 6.07) is 17.0. The second kappa shape index (κ2) is 7.09. The Labute approximate surface area is 177 Å². The third kappa shape index (κ3) is 3.08. The Morgan fingerprint density at radius 1 is 1.03 bits per heavy atom. The van der Waals surface area contributed by atoms with Gasteiger partial charge < -0.3 is 14.4 Å². The number of aromatic hydroxyl groups is 1. The van der Waals surface area contributed by atoms with E-state index < -0.39 is 23.2 Å². The number of halogens is 1. The second-order valence-corrected chi connectivity index (χ2v) is 7.67. The summed E-state index contributed by atoms with van der Waals surface area (Å²) < 4.78 is 19.6. The van der Waals surface area contributed by atoms with Gasteiger partial charge in [-0.15, -0.1) is 0 Å². The molecule has 2 heterocycles. The van der Waals surface area contributed by atoms with E-state index in [2.05, 4.69) is 0 Å². The Morgan fingerprint density at radius 3 is 2.61 bits per heavy atom. The fraction of sp³-hybridized carbons (Fsp3) is 0.120. The minimum absolute atomic E-state index is 0.0189. The van der Waals surface area contributed by atoms with Gasteiger partial charge in [-0.25, -0.2) is 4.39 Å². The number of aryl methyl sites for hydroxylation is 1. The van der Waals surface area contributed by atoms with Crippen molar-refractivity contribution in [2.24, 2.45) is 0 Å². The van der Waals surface area contributed by atoms with E-state index in [1.807, 2.05) is 31.2 Å². The lowest BCUT2D eigenvalue weighted by molar-refractivity contribution is 0.0714. The van der Waals surface area contributed by atoms with Gasteiger partial charge in [0, 0.05) is 6.54 Å². The first-order valence-corrected chi connectivity index (χ1v) is 9.84. The third-order valence-electron chi connectivity index (χ3n) is 5.72. The lowest BCUT2D eigenvalue weighted by Gasteiger charge is -2.26. The molecule has 0 aliphatic carbocycles. The molecule has 154 valence electrons. The average molecular weight is 415 g/mol. The van der Waals surface area contributed by atoms with Crippen LogP contribution in [0, 0.1) is 12.7 Å². The first-order chi connectivity index (χ1) is 14.9. The number of phenolic OH excluding ortho intramolecular Hbond substituents is 1. The van der Waals surface area contributed by atoms with Crippen LogP contribution in [-0.2, 0) is 6.54 Å². The fourth-order valence-electron chi connectivity index (χ4n) is 4.17. The van der Waals surface area contributed by atoms with Crippen molar-refractivity contribution in [1.82, 2.24) is 4.90 Å². The number of carbonyl (C=O) groups is 1. The maximum absolute atomic E-state index is 13.8. The van der Waals surface area contributed by atoms with Gasteiger partial charge in [0.1, 0.15) is 17.1 Å². The molecule has 0 unspecified atom stereocenters. The van der Waals surface area contributed by atoms with Crippen molar-refractivity contribution in [3.05, 3.63) is 111 Å². The maximum Gasteiger partial charge on any atom is 0.291 e. The predicted octanol–water partition coefficient (Wildman–Crippen LogP) is 4.69. The van der Waals surface area contributed by atoms with Crippen molar-refractivity contribution in [2.75, 3.05) is 0 Å². The number of fused-ring (bicyclic) bond motifs is 2. The zero-order valence-corrected chi connectivity index (χ0v) is 16.6. The van der Waals surface area contributed by atoms with Crippen LogP contribution in [0.15, 0.2) is 75.9 Å². The molecule has 3 aromatic carbocycles. The second-order valence-electron chi connectivity index (χ2n) is 7.67. The number of hydrogen-bond donors (Lipinski definition) is 1. The molecule has 5 rings (SSSR count). The number of phenols is 1. The van der Waals surface area contributed by atoms with Crippen molar-refractivity contribution in [1.29, 1.82) is 0 Å². The van der Waals surface area contributed by atoms with Gasteiger partial charge in [-0.1, -0.05) is 36.4 Å². The van der Waals surface area contributed by atoms with Crippen LogP contribution in [0.2, 0.25) is 0 Å². The fourth-order valence-corrected chi connectivity index (χ4v) is 4.17. The van der Waals surface area contributed by atoms with Gasteiger partial charge in [0.05, 0.1) is 17.0 Å². The topological polar surface area (TPSA) is 70.8 Å². The molecule has 0 spiro atoms. The molecule has 0 radical (unpaired) electrons. The molecule has 1 aromatic heterocycles. The number of benzene rings is 3.